The van der Waals surface area contributed by atoms with Crippen LogP contribution in [0.2, 0.25) is 5.02 Å². The number of aromatic nitrogens is 1. The Hall–Kier alpha value is -0.800. The summed E-state index contributed by atoms with van der Waals surface area (Å²) in [7, 11) is 1.65. The maximum absolute atomic E-state index is 5.87. The predicted octanol–water partition coefficient (Wildman–Crippen LogP) is 2.56. The molecule has 1 atom stereocenters. The van der Waals surface area contributed by atoms with Crippen LogP contribution >= 0.6 is 11.6 Å². The summed E-state index contributed by atoms with van der Waals surface area (Å²) in [5.74, 6) is 0.780. The second-order valence-corrected chi connectivity index (χ2v) is 4.18. The standard InChI is InChI=1S/C11H15ClN2O/c1-15-10-6-8(12)7-14-11(10)9-4-2-3-5-13-9/h6-7,9,13H,2-5H2,1H3. The number of pyridine rings is 1. The molecule has 1 saturated heterocycles. The molecule has 0 amide bonds. The summed E-state index contributed by atoms with van der Waals surface area (Å²) < 4.78 is 5.29. The molecule has 1 unspecified atom stereocenters. The number of nitrogens with zero attached hydrogens (tertiary/aromatic N) is 1. The molecule has 82 valence electrons. The normalized spacial score (nSPS) is 21.3. The minimum Gasteiger partial charge on any atom is -0.495 e. The van der Waals surface area contributed by atoms with Crippen molar-refractivity contribution in [2.75, 3.05) is 13.7 Å². The predicted molar refractivity (Wildman–Crippen MR) is 60.4 cm³/mol. The number of piperidine rings is 1. The molecular formula is C11H15ClN2O. The van der Waals surface area contributed by atoms with Crippen molar-refractivity contribution in [3.8, 4) is 5.75 Å². The van der Waals surface area contributed by atoms with E-state index in [0.717, 1.165) is 24.4 Å². The van der Waals surface area contributed by atoms with Gasteiger partial charge in [0.05, 0.1) is 23.9 Å². The van der Waals surface area contributed by atoms with Gasteiger partial charge in [-0.25, -0.2) is 0 Å². The van der Waals surface area contributed by atoms with Crippen LogP contribution in [0.5, 0.6) is 5.75 Å². The zero-order valence-electron chi connectivity index (χ0n) is 8.79. The smallest absolute Gasteiger partial charge is 0.143 e. The zero-order valence-corrected chi connectivity index (χ0v) is 9.55. The molecule has 4 heteroatoms. The van der Waals surface area contributed by atoms with E-state index in [4.69, 9.17) is 16.3 Å². The molecule has 0 bridgehead atoms. The number of hydrogen-bond acceptors (Lipinski definition) is 3. The molecule has 1 fully saturated rings. The molecule has 1 N–H and O–H groups in total. The topological polar surface area (TPSA) is 34.1 Å². The Balaban J connectivity index is 2.25. The van der Waals surface area contributed by atoms with Crippen molar-refractivity contribution in [3.05, 3.63) is 23.0 Å². The third-order valence-corrected chi connectivity index (χ3v) is 2.92. The summed E-state index contributed by atoms with van der Waals surface area (Å²) in [5, 5.41) is 4.06. The highest BCUT2D eigenvalue weighted by atomic mass is 35.5. The number of ether oxygens (including phenoxy) is 1. The van der Waals surface area contributed by atoms with E-state index in [9.17, 15) is 0 Å². The van der Waals surface area contributed by atoms with Gasteiger partial charge in [-0.15, -0.1) is 0 Å². The maximum atomic E-state index is 5.87. The minimum atomic E-state index is 0.311. The van der Waals surface area contributed by atoms with Gasteiger partial charge in [-0.05, 0) is 19.4 Å². The SMILES string of the molecule is COc1cc(Cl)cnc1C1CCCCN1. The first-order valence-corrected chi connectivity index (χ1v) is 5.62. The fourth-order valence-corrected chi connectivity index (χ4v) is 2.09. The quantitative estimate of drug-likeness (QED) is 0.842. The third-order valence-electron chi connectivity index (χ3n) is 2.71. The molecule has 1 aromatic heterocycles. The second-order valence-electron chi connectivity index (χ2n) is 3.74. The first-order chi connectivity index (χ1) is 7.31. The largest absolute Gasteiger partial charge is 0.495 e. The van der Waals surface area contributed by atoms with Gasteiger partial charge < -0.3 is 10.1 Å². The van der Waals surface area contributed by atoms with Crippen molar-refractivity contribution in [3.63, 3.8) is 0 Å². The third kappa shape index (κ3) is 2.41. The number of methoxy groups -OCH3 is 1. The molecule has 1 aliphatic rings. The molecule has 0 saturated carbocycles. The van der Waals surface area contributed by atoms with E-state index in [-0.39, 0.29) is 0 Å². The summed E-state index contributed by atoms with van der Waals surface area (Å²) in [6.45, 7) is 1.05. The van der Waals surface area contributed by atoms with Crippen LogP contribution in [0.3, 0.4) is 0 Å². The average Bonchev–Trinajstić information content (AvgIpc) is 2.30. The van der Waals surface area contributed by atoms with Gasteiger partial charge in [0.25, 0.3) is 0 Å². The lowest BCUT2D eigenvalue weighted by Gasteiger charge is -2.24. The van der Waals surface area contributed by atoms with E-state index in [1.54, 1.807) is 13.3 Å². The first-order valence-electron chi connectivity index (χ1n) is 5.24. The molecule has 0 radical (unpaired) electrons. The van der Waals surface area contributed by atoms with Gasteiger partial charge in [-0.2, -0.15) is 0 Å². The lowest BCUT2D eigenvalue weighted by atomic mass is 10.0. The van der Waals surface area contributed by atoms with Crippen LogP contribution < -0.4 is 10.1 Å². The molecule has 0 aromatic carbocycles. The van der Waals surface area contributed by atoms with Crippen LogP contribution in [0.4, 0.5) is 0 Å². The van der Waals surface area contributed by atoms with E-state index in [0.29, 0.717) is 11.1 Å². The summed E-state index contributed by atoms with van der Waals surface area (Å²) in [6.07, 6.45) is 5.28. The summed E-state index contributed by atoms with van der Waals surface area (Å²) in [4.78, 5) is 4.35. The van der Waals surface area contributed by atoms with Gasteiger partial charge in [0.1, 0.15) is 5.75 Å². The lowest BCUT2D eigenvalue weighted by molar-refractivity contribution is 0.366. The van der Waals surface area contributed by atoms with Gasteiger partial charge in [0.15, 0.2) is 0 Å². The highest BCUT2D eigenvalue weighted by Gasteiger charge is 2.19. The lowest BCUT2D eigenvalue weighted by Crippen LogP contribution is -2.27. The van der Waals surface area contributed by atoms with Crippen molar-refractivity contribution in [2.24, 2.45) is 0 Å². The highest BCUT2D eigenvalue weighted by Crippen LogP contribution is 2.30. The summed E-state index contributed by atoms with van der Waals surface area (Å²) in [6, 6.07) is 2.13. The molecule has 0 spiro atoms. The number of halogens is 1. The van der Waals surface area contributed by atoms with Crippen LogP contribution in [-0.2, 0) is 0 Å². The van der Waals surface area contributed by atoms with Gasteiger partial charge in [0.2, 0.25) is 0 Å². The van der Waals surface area contributed by atoms with Crippen molar-refractivity contribution in [1.29, 1.82) is 0 Å². The summed E-state index contributed by atoms with van der Waals surface area (Å²) >= 11 is 5.87. The van der Waals surface area contributed by atoms with Crippen molar-refractivity contribution in [1.82, 2.24) is 10.3 Å². The monoisotopic (exact) mass is 226 g/mol. The van der Waals surface area contributed by atoms with E-state index in [2.05, 4.69) is 10.3 Å². The minimum absolute atomic E-state index is 0.311. The van der Waals surface area contributed by atoms with Crippen molar-refractivity contribution < 1.29 is 4.74 Å². The highest BCUT2D eigenvalue weighted by molar-refractivity contribution is 6.30. The Labute approximate surface area is 94.8 Å². The molecule has 15 heavy (non-hydrogen) atoms. The molecule has 2 heterocycles. The van der Waals surface area contributed by atoms with Crippen molar-refractivity contribution in [2.45, 2.75) is 25.3 Å². The Bertz CT molecular complexity index is 337. The Morgan fingerprint density at radius 2 is 2.40 bits per heavy atom. The molecule has 1 aromatic rings. The Kier molecular flexibility index (Phi) is 3.44. The molecule has 0 aliphatic carbocycles. The Morgan fingerprint density at radius 1 is 1.53 bits per heavy atom. The van der Waals surface area contributed by atoms with E-state index >= 15 is 0 Å². The number of hydrogen-bond donors (Lipinski definition) is 1. The van der Waals surface area contributed by atoms with Gasteiger partial charge in [-0.1, -0.05) is 18.0 Å². The Morgan fingerprint density at radius 3 is 3.07 bits per heavy atom. The van der Waals surface area contributed by atoms with Crippen LogP contribution in [0.1, 0.15) is 31.0 Å². The van der Waals surface area contributed by atoms with Gasteiger partial charge in [0, 0.05) is 12.3 Å². The molecule has 2 rings (SSSR count). The van der Waals surface area contributed by atoms with Crippen LogP contribution in [0, 0.1) is 0 Å². The van der Waals surface area contributed by atoms with Crippen LogP contribution in [-0.4, -0.2) is 18.6 Å². The second kappa shape index (κ2) is 4.81. The van der Waals surface area contributed by atoms with Crippen molar-refractivity contribution >= 4 is 11.6 Å². The van der Waals surface area contributed by atoms with E-state index < -0.39 is 0 Å². The average molecular weight is 227 g/mol. The van der Waals surface area contributed by atoms with Gasteiger partial charge >= 0.3 is 0 Å². The number of rotatable bonds is 2. The fraction of sp³-hybridized carbons (Fsp3) is 0.545. The van der Waals surface area contributed by atoms with Crippen LogP contribution in [0.15, 0.2) is 12.3 Å². The fourth-order valence-electron chi connectivity index (χ4n) is 1.94. The molecular weight excluding hydrogens is 212 g/mol. The van der Waals surface area contributed by atoms with Crippen LogP contribution in [0.25, 0.3) is 0 Å². The first kappa shape index (κ1) is 10.7. The maximum Gasteiger partial charge on any atom is 0.143 e. The summed E-state index contributed by atoms with van der Waals surface area (Å²) in [5.41, 5.74) is 0.974. The molecule has 3 nitrogen and oxygen atoms in total. The zero-order chi connectivity index (χ0) is 10.7. The van der Waals surface area contributed by atoms with E-state index in [1.807, 2.05) is 6.07 Å². The van der Waals surface area contributed by atoms with Gasteiger partial charge in [-0.3, -0.25) is 4.98 Å². The molecule has 1 aliphatic heterocycles. The number of nitrogens with one attached hydrogen (secondary N) is 1. The van der Waals surface area contributed by atoms with E-state index in [1.165, 1.54) is 12.8 Å².